The summed E-state index contributed by atoms with van der Waals surface area (Å²) in [7, 11) is -0.726. The van der Waals surface area contributed by atoms with E-state index in [0.717, 1.165) is 17.8 Å². The molecule has 0 unspecified atom stereocenters. The number of hydrogen-bond donors (Lipinski definition) is 0. The van der Waals surface area contributed by atoms with E-state index in [4.69, 9.17) is 9.31 Å². The summed E-state index contributed by atoms with van der Waals surface area (Å²) in [6.07, 6.45) is -2.78. The molecule has 0 bridgehead atoms. The van der Waals surface area contributed by atoms with Gasteiger partial charge in [-0.05, 0) is 57.3 Å². The highest BCUT2D eigenvalue weighted by atomic mass is 32.2. The number of benzene rings is 1. The first kappa shape index (κ1) is 22.0. The molecule has 27 heavy (non-hydrogen) atoms. The van der Waals surface area contributed by atoms with E-state index in [-0.39, 0.29) is 16.4 Å². The maximum Gasteiger partial charge on any atom is 0.491 e. The molecule has 0 amide bonds. The molecule has 1 aromatic carbocycles. The van der Waals surface area contributed by atoms with Crippen LogP contribution >= 0.6 is 11.8 Å². The fraction of sp³-hybridized carbons (Fsp3) is 0.526. The lowest BCUT2D eigenvalue weighted by molar-refractivity contribution is -0.138. The predicted octanol–water partition coefficient (Wildman–Crippen LogP) is 5.31. The van der Waals surface area contributed by atoms with Gasteiger partial charge in [-0.1, -0.05) is 30.0 Å². The Bertz CT molecular complexity index is 741. The van der Waals surface area contributed by atoms with Gasteiger partial charge >= 0.3 is 13.3 Å². The monoisotopic (exact) mass is 400 g/mol. The minimum absolute atomic E-state index is 0.0850. The SMILES string of the molecule is CC(=O)SCC(=Cc1cccc(C(F)(F)F)c1C)B1OC(C)(C)C(C)(C)O1. The minimum Gasteiger partial charge on any atom is -0.400 e. The molecule has 0 aromatic heterocycles. The molecule has 3 nitrogen and oxygen atoms in total. The molecular weight excluding hydrogens is 376 g/mol. The maximum atomic E-state index is 13.2. The summed E-state index contributed by atoms with van der Waals surface area (Å²) >= 11 is 1.07. The van der Waals surface area contributed by atoms with Crippen LogP contribution in [-0.2, 0) is 20.3 Å². The number of rotatable bonds is 4. The van der Waals surface area contributed by atoms with Gasteiger partial charge in [-0.25, -0.2) is 0 Å². The summed E-state index contributed by atoms with van der Waals surface area (Å²) < 4.78 is 51.7. The van der Waals surface area contributed by atoms with E-state index >= 15 is 0 Å². The number of hydrogen-bond acceptors (Lipinski definition) is 4. The van der Waals surface area contributed by atoms with Gasteiger partial charge in [-0.2, -0.15) is 13.2 Å². The highest BCUT2D eigenvalue weighted by Gasteiger charge is 2.52. The van der Waals surface area contributed by atoms with Crippen LogP contribution in [0.25, 0.3) is 6.08 Å². The second kappa shape index (κ2) is 7.64. The van der Waals surface area contributed by atoms with E-state index in [1.807, 2.05) is 27.7 Å². The van der Waals surface area contributed by atoms with Crippen LogP contribution in [-0.4, -0.2) is 29.2 Å². The van der Waals surface area contributed by atoms with E-state index in [2.05, 4.69) is 0 Å². The lowest BCUT2D eigenvalue weighted by Crippen LogP contribution is -2.41. The highest BCUT2D eigenvalue weighted by Crippen LogP contribution is 2.40. The molecule has 0 aliphatic carbocycles. The molecule has 1 saturated heterocycles. The molecule has 0 spiro atoms. The molecule has 0 radical (unpaired) electrons. The van der Waals surface area contributed by atoms with Gasteiger partial charge in [-0.3, -0.25) is 4.79 Å². The molecule has 1 heterocycles. The van der Waals surface area contributed by atoms with Crippen molar-refractivity contribution < 1.29 is 27.3 Å². The largest absolute Gasteiger partial charge is 0.491 e. The van der Waals surface area contributed by atoms with Crippen molar-refractivity contribution in [2.24, 2.45) is 0 Å². The smallest absolute Gasteiger partial charge is 0.400 e. The minimum atomic E-state index is -4.42. The molecule has 1 fully saturated rings. The molecule has 1 aliphatic heterocycles. The van der Waals surface area contributed by atoms with Crippen LogP contribution in [0.15, 0.2) is 23.7 Å². The summed E-state index contributed by atoms with van der Waals surface area (Å²) in [5.41, 5.74) is -0.661. The van der Waals surface area contributed by atoms with Gasteiger partial charge in [0.1, 0.15) is 0 Å². The Labute approximate surface area is 162 Å². The van der Waals surface area contributed by atoms with Crippen molar-refractivity contribution in [1.29, 1.82) is 0 Å². The first-order valence-corrected chi connectivity index (χ1v) is 9.59. The van der Waals surface area contributed by atoms with Crippen molar-refractivity contribution in [3.63, 3.8) is 0 Å². The van der Waals surface area contributed by atoms with Crippen LogP contribution in [0.5, 0.6) is 0 Å². The Morgan fingerprint density at radius 2 is 1.74 bits per heavy atom. The molecule has 8 heteroatoms. The van der Waals surface area contributed by atoms with Gasteiger partial charge in [0.15, 0.2) is 5.12 Å². The molecule has 0 atom stereocenters. The fourth-order valence-corrected chi connectivity index (χ4v) is 3.26. The number of carbonyl (C=O) groups excluding carboxylic acids is 1. The average Bonchev–Trinajstić information content (AvgIpc) is 2.71. The van der Waals surface area contributed by atoms with Crippen molar-refractivity contribution in [2.45, 2.75) is 58.9 Å². The van der Waals surface area contributed by atoms with Crippen LogP contribution in [0.3, 0.4) is 0 Å². The summed E-state index contributed by atoms with van der Waals surface area (Å²) in [6, 6.07) is 4.06. The van der Waals surface area contributed by atoms with Crippen molar-refractivity contribution in [3.8, 4) is 0 Å². The van der Waals surface area contributed by atoms with Gasteiger partial charge in [-0.15, -0.1) is 0 Å². The second-order valence-corrected chi connectivity index (χ2v) is 8.76. The third-order valence-electron chi connectivity index (χ3n) is 5.02. The fourth-order valence-electron chi connectivity index (χ4n) is 2.67. The first-order chi connectivity index (χ1) is 12.2. The number of carbonyl (C=O) groups is 1. The van der Waals surface area contributed by atoms with Gasteiger partial charge in [0.2, 0.25) is 0 Å². The number of halogens is 3. The summed E-state index contributed by atoms with van der Waals surface area (Å²) in [4.78, 5) is 11.4. The molecule has 0 N–H and O–H groups in total. The van der Waals surface area contributed by atoms with Crippen molar-refractivity contribution in [2.75, 3.05) is 5.75 Å². The van der Waals surface area contributed by atoms with Crippen LogP contribution < -0.4 is 0 Å². The lowest BCUT2D eigenvalue weighted by atomic mass is 9.78. The van der Waals surface area contributed by atoms with E-state index in [1.54, 1.807) is 12.1 Å². The van der Waals surface area contributed by atoms with Crippen LogP contribution in [0, 0.1) is 6.92 Å². The quantitative estimate of drug-likeness (QED) is 0.642. The normalized spacial score (nSPS) is 19.4. The van der Waals surface area contributed by atoms with Crippen LogP contribution in [0.4, 0.5) is 13.2 Å². The third kappa shape index (κ3) is 4.98. The van der Waals surface area contributed by atoms with Gasteiger partial charge in [0.05, 0.1) is 16.8 Å². The van der Waals surface area contributed by atoms with E-state index in [9.17, 15) is 18.0 Å². The third-order valence-corrected chi connectivity index (χ3v) is 5.90. The van der Waals surface area contributed by atoms with Crippen molar-refractivity contribution in [3.05, 3.63) is 40.4 Å². The maximum absolute atomic E-state index is 13.2. The molecular formula is C19H24BF3O3S. The summed E-state index contributed by atoms with van der Waals surface area (Å²) in [5, 5.41) is -0.0850. The molecule has 2 rings (SSSR count). The predicted molar refractivity (Wildman–Crippen MR) is 103 cm³/mol. The molecule has 148 valence electrons. The van der Waals surface area contributed by atoms with Gasteiger partial charge < -0.3 is 9.31 Å². The Hall–Kier alpha value is -1.25. The zero-order chi connectivity index (χ0) is 20.6. The van der Waals surface area contributed by atoms with E-state index in [0.29, 0.717) is 11.0 Å². The Morgan fingerprint density at radius 1 is 1.19 bits per heavy atom. The van der Waals surface area contributed by atoms with Crippen molar-refractivity contribution in [1.82, 2.24) is 0 Å². The van der Waals surface area contributed by atoms with Gasteiger partial charge in [0, 0.05) is 12.7 Å². The Kier molecular flexibility index (Phi) is 6.24. The van der Waals surface area contributed by atoms with E-state index in [1.165, 1.54) is 19.9 Å². The first-order valence-electron chi connectivity index (χ1n) is 8.61. The van der Waals surface area contributed by atoms with E-state index < -0.39 is 30.1 Å². The number of alkyl halides is 3. The topological polar surface area (TPSA) is 35.5 Å². The van der Waals surface area contributed by atoms with Gasteiger partial charge in [0.25, 0.3) is 0 Å². The standard InChI is InChI=1S/C19H24BF3O3S/c1-12-14(8-7-9-16(12)19(21,22)23)10-15(11-27-13(2)24)20-25-17(3,4)18(5,6)26-20/h7-10H,11H2,1-6H3. The second-order valence-electron chi connectivity index (χ2n) is 7.61. The summed E-state index contributed by atoms with van der Waals surface area (Å²) in [6.45, 7) is 10.5. The Balaban J connectivity index is 2.45. The Morgan fingerprint density at radius 3 is 2.22 bits per heavy atom. The molecule has 1 aliphatic rings. The summed E-state index contributed by atoms with van der Waals surface area (Å²) in [5.74, 6) is 0.280. The zero-order valence-corrected chi connectivity index (χ0v) is 17.2. The average molecular weight is 400 g/mol. The van der Waals surface area contributed by atoms with Crippen LogP contribution in [0.2, 0.25) is 0 Å². The lowest BCUT2D eigenvalue weighted by Gasteiger charge is -2.32. The number of thioether (sulfide) groups is 1. The van der Waals surface area contributed by atoms with Crippen LogP contribution in [0.1, 0.15) is 51.3 Å². The zero-order valence-electron chi connectivity index (χ0n) is 16.4. The highest BCUT2D eigenvalue weighted by molar-refractivity contribution is 8.13. The molecule has 1 aromatic rings. The van der Waals surface area contributed by atoms with Crippen molar-refractivity contribution >= 4 is 30.1 Å². The molecule has 0 saturated carbocycles.